The van der Waals surface area contributed by atoms with E-state index >= 15 is 0 Å². The number of tetrazole rings is 1. The van der Waals surface area contributed by atoms with Crippen molar-refractivity contribution in [2.75, 3.05) is 17.2 Å². The lowest BCUT2D eigenvalue weighted by Crippen LogP contribution is -2.41. The predicted octanol–water partition coefficient (Wildman–Crippen LogP) is 6.70. The maximum atomic E-state index is 14.1. The Balaban J connectivity index is 1.36. The zero-order chi connectivity index (χ0) is 34.3. The third-order valence-electron chi connectivity index (χ3n) is 8.32. The Bertz CT molecular complexity index is 1980. The molecule has 14 heteroatoms. The average Bonchev–Trinajstić information content (AvgIpc) is 3.81. The van der Waals surface area contributed by atoms with Gasteiger partial charge in [0.2, 0.25) is 11.8 Å². The SMILES string of the molecule is CCCC(=O)Nc1cc(NC(=O)O)ccc1-c1cnc(C2C(c3ccccc3)CCCN2C(=O)C=Cc2cc(Cl)ccc2-n2cnnn2)[nH]1. The van der Waals surface area contributed by atoms with Crippen LogP contribution in [0, 0.1) is 0 Å². The number of aromatic nitrogens is 6. The van der Waals surface area contributed by atoms with Gasteiger partial charge in [0.15, 0.2) is 0 Å². The van der Waals surface area contributed by atoms with Crippen LogP contribution < -0.4 is 10.6 Å². The molecular weight excluding hydrogens is 646 g/mol. The first kappa shape index (κ1) is 33.1. The van der Waals surface area contributed by atoms with Gasteiger partial charge in [-0.3, -0.25) is 14.9 Å². The van der Waals surface area contributed by atoms with Crippen molar-refractivity contribution < 1.29 is 19.5 Å². The Morgan fingerprint density at radius 1 is 1.08 bits per heavy atom. The minimum Gasteiger partial charge on any atom is -0.465 e. The molecule has 3 aromatic carbocycles. The molecule has 4 N–H and O–H groups in total. The van der Waals surface area contributed by atoms with Crippen molar-refractivity contribution in [3.05, 3.63) is 107 Å². The summed E-state index contributed by atoms with van der Waals surface area (Å²) in [6, 6.07) is 19.8. The lowest BCUT2D eigenvalue weighted by Gasteiger charge is -2.40. The minimum absolute atomic E-state index is 0.0554. The number of rotatable bonds is 10. The van der Waals surface area contributed by atoms with E-state index in [2.05, 4.69) is 43.3 Å². The number of carbonyl (C=O) groups excluding carboxylic acids is 2. The first-order valence-corrected chi connectivity index (χ1v) is 16.2. The number of anilines is 2. The highest BCUT2D eigenvalue weighted by molar-refractivity contribution is 6.30. The first-order chi connectivity index (χ1) is 23.8. The third kappa shape index (κ3) is 7.68. The van der Waals surface area contributed by atoms with Crippen molar-refractivity contribution in [3.8, 4) is 16.9 Å². The summed E-state index contributed by atoms with van der Waals surface area (Å²) in [6.07, 6.45) is 7.75. The van der Waals surface area contributed by atoms with E-state index in [0.29, 0.717) is 64.1 Å². The minimum atomic E-state index is -1.22. The monoisotopic (exact) mass is 679 g/mol. The van der Waals surface area contributed by atoms with Gasteiger partial charge in [0.05, 0.1) is 29.3 Å². The molecule has 49 heavy (non-hydrogen) atoms. The second-order valence-electron chi connectivity index (χ2n) is 11.6. The molecule has 1 saturated heterocycles. The number of hydrogen-bond acceptors (Lipinski definition) is 7. The van der Waals surface area contributed by atoms with Crippen molar-refractivity contribution in [1.29, 1.82) is 0 Å². The molecule has 3 heterocycles. The molecule has 0 saturated carbocycles. The van der Waals surface area contributed by atoms with Gasteiger partial charge in [-0.2, -0.15) is 4.68 Å². The van der Waals surface area contributed by atoms with Gasteiger partial charge in [-0.1, -0.05) is 48.9 Å². The molecular formula is C35H34ClN9O4. The van der Waals surface area contributed by atoms with Crippen molar-refractivity contribution in [1.82, 2.24) is 35.1 Å². The molecule has 6 rings (SSSR count). The molecule has 1 fully saturated rings. The fourth-order valence-corrected chi connectivity index (χ4v) is 6.35. The standard InChI is InChI=1S/C35H34ClN9O4/c1-2-7-31(46)40-28-19-25(39-35(48)49)13-14-27(28)29-20-37-34(41-29)33-26(22-8-4-3-5-9-22)10-6-17-44(33)32(47)16-11-23-18-24(36)12-15-30(23)45-21-38-42-43-45/h3-5,8-9,11-16,18-21,26,33,39H,2,6-7,10,17H2,1H3,(H,37,41)(H,40,46)(H,48,49). The van der Waals surface area contributed by atoms with Crippen LogP contribution in [0.1, 0.15) is 61.5 Å². The van der Waals surface area contributed by atoms with E-state index in [4.69, 9.17) is 16.6 Å². The maximum absolute atomic E-state index is 14.1. The Morgan fingerprint density at radius 3 is 2.67 bits per heavy atom. The molecule has 2 aromatic heterocycles. The normalized spacial score (nSPS) is 16.1. The molecule has 1 aliphatic heterocycles. The van der Waals surface area contributed by atoms with Crippen LogP contribution in [0.25, 0.3) is 23.0 Å². The number of H-pyrrole nitrogens is 1. The lowest BCUT2D eigenvalue weighted by atomic mass is 9.83. The Kier molecular flexibility index (Phi) is 10.1. The van der Waals surface area contributed by atoms with E-state index < -0.39 is 12.1 Å². The quantitative estimate of drug-likeness (QED) is 0.118. The number of imidazole rings is 1. The molecule has 13 nitrogen and oxygen atoms in total. The number of piperidine rings is 1. The number of halogens is 1. The van der Waals surface area contributed by atoms with E-state index in [1.54, 1.807) is 48.7 Å². The van der Waals surface area contributed by atoms with E-state index in [-0.39, 0.29) is 17.7 Å². The Labute approximate surface area is 287 Å². The van der Waals surface area contributed by atoms with Gasteiger partial charge >= 0.3 is 6.09 Å². The van der Waals surface area contributed by atoms with Crippen LogP contribution >= 0.6 is 11.6 Å². The molecule has 3 amide bonds. The Morgan fingerprint density at radius 2 is 1.92 bits per heavy atom. The van der Waals surface area contributed by atoms with Gasteiger partial charge < -0.3 is 20.3 Å². The topological polar surface area (TPSA) is 171 Å². The first-order valence-electron chi connectivity index (χ1n) is 15.9. The number of aromatic amines is 1. The van der Waals surface area contributed by atoms with Crippen LogP contribution in [0.2, 0.25) is 5.02 Å². The number of carboxylic acid groups (broad SMARTS) is 1. The van der Waals surface area contributed by atoms with E-state index in [0.717, 1.165) is 18.4 Å². The summed E-state index contributed by atoms with van der Waals surface area (Å²) in [5.74, 6) is 0.128. The summed E-state index contributed by atoms with van der Waals surface area (Å²) in [5.41, 5.74) is 4.39. The third-order valence-corrected chi connectivity index (χ3v) is 8.56. The van der Waals surface area contributed by atoms with Crippen molar-refractivity contribution in [2.24, 2.45) is 0 Å². The Hall–Kier alpha value is -5.82. The highest BCUT2D eigenvalue weighted by atomic mass is 35.5. The summed E-state index contributed by atoms with van der Waals surface area (Å²) >= 11 is 6.32. The number of carbonyl (C=O) groups is 3. The van der Waals surface area contributed by atoms with Crippen LogP contribution in [0.3, 0.4) is 0 Å². The zero-order valence-corrected chi connectivity index (χ0v) is 27.3. The number of amides is 3. The molecule has 0 radical (unpaired) electrons. The summed E-state index contributed by atoms with van der Waals surface area (Å²) in [7, 11) is 0. The number of hydrogen-bond donors (Lipinski definition) is 4. The number of nitrogens with one attached hydrogen (secondary N) is 3. The fraction of sp³-hybridized carbons (Fsp3) is 0.229. The fourth-order valence-electron chi connectivity index (χ4n) is 6.17. The van der Waals surface area contributed by atoms with Crippen LogP contribution in [-0.2, 0) is 9.59 Å². The van der Waals surface area contributed by atoms with Crippen molar-refractivity contribution in [2.45, 2.75) is 44.6 Å². The van der Waals surface area contributed by atoms with E-state index in [1.165, 1.54) is 17.1 Å². The van der Waals surface area contributed by atoms with E-state index in [9.17, 15) is 19.5 Å². The smallest absolute Gasteiger partial charge is 0.409 e. The average molecular weight is 680 g/mol. The molecule has 0 spiro atoms. The summed E-state index contributed by atoms with van der Waals surface area (Å²) < 4.78 is 1.50. The van der Waals surface area contributed by atoms with Gasteiger partial charge in [-0.15, -0.1) is 5.10 Å². The van der Waals surface area contributed by atoms with Gasteiger partial charge in [-0.05, 0) is 77.7 Å². The summed E-state index contributed by atoms with van der Waals surface area (Å²) in [5, 5.41) is 26.4. The number of nitrogens with zero attached hydrogens (tertiary/aromatic N) is 6. The molecule has 2 atom stereocenters. The second-order valence-corrected chi connectivity index (χ2v) is 12.0. The zero-order valence-electron chi connectivity index (χ0n) is 26.6. The highest BCUT2D eigenvalue weighted by Gasteiger charge is 2.37. The summed E-state index contributed by atoms with van der Waals surface area (Å²) in [4.78, 5) is 48.1. The second kappa shape index (κ2) is 14.9. The molecule has 0 aliphatic carbocycles. The predicted molar refractivity (Wildman–Crippen MR) is 185 cm³/mol. The highest BCUT2D eigenvalue weighted by Crippen LogP contribution is 2.43. The van der Waals surface area contributed by atoms with Gasteiger partial charge in [0, 0.05) is 46.8 Å². The molecule has 250 valence electrons. The number of benzene rings is 3. The van der Waals surface area contributed by atoms with Crippen molar-refractivity contribution in [3.63, 3.8) is 0 Å². The molecule has 2 unspecified atom stereocenters. The van der Waals surface area contributed by atoms with Crippen LogP contribution in [-0.4, -0.2) is 64.6 Å². The van der Waals surface area contributed by atoms with Crippen LogP contribution in [0.15, 0.2) is 85.3 Å². The maximum Gasteiger partial charge on any atom is 0.409 e. The van der Waals surface area contributed by atoms with Gasteiger partial charge in [-0.25, -0.2) is 9.78 Å². The van der Waals surface area contributed by atoms with Gasteiger partial charge in [0.1, 0.15) is 12.2 Å². The number of likely N-dealkylation sites (tertiary alicyclic amines) is 1. The molecule has 5 aromatic rings. The lowest BCUT2D eigenvalue weighted by molar-refractivity contribution is -0.130. The van der Waals surface area contributed by atoms with Crippen LogP contribution in [0.5, 0.6) is 0 Å². The summed E-state index contributed by atoms with van der Waals surface area (Å²) in [6.45, 7) is 2.42. The van der Waals surface area contributed by atoms with Crippen LogP contribution in [0.4, 0.5) is 16.2 Å². The van der Waals surface area contributed by atoms with Crippen molar-refractivity contribution >= 4 is 47.0 Å². The molecule has 1 aliphatic rings. The van der Waals surface area contributed by atoms with E-state index in [1.807, 2.05) is 30.0 Å². The molecule has 0 bridgehead atoms. The largest absolute Gasteiger partial charge is 0.465 e. The van der Waals surface area contributed by atoms with Gasteiger partial charge in [0.25, 0.3) is 0 Å².